The Balaban J connectivity index is 1.81. The molecule has 5 nitrogen and oxygen atoms in total. The fraction of sp³-hybridized carbons (Fsp3) is 0.562. The molecule has 0 radical (unpaired) electrons. The van der Waals surface area contributed by atoms with Crippen LogP contribution in [0.2, 0.25) is 0 Å². The maximum Gasteiger partial charge on any atom is 0.287 e. The third-order valence-electron chi connectivity index (χ3n) is 4.95. The van der Waals surface area contributed by atoms with Gasteiger partial charge in [-0.05, 0) is 36.8 Å². The van der Waals surface area contributed by atoms with Crippen molar-refractivity contribution in [1.82, 2.24) is 0 Å². The van der Waals surface area contributed by atoms with Crippen molar-refractivity contribution in [3.05, 3.63) is 33.9 Å². The van der Waals surface area contributed by atoms with E-state index >= 15 is 0 Å². The Hall–Kier alpha value is -2.09. The van der Waals surface area contributed by atoms with Crippen LogP contribution in [0, 0.1) is 33.3 Å². The summed E-state index contributed by atoms with van der Waals surface area (Å²) in [6.07, 6.45) is 6.51. The van der Waals surface area contributed by atoms with Gasteiger partial charge in [-0.1, -0.05) is 19.3 Å². The molecule has 1 heterocycles. The van der Waals surface area contributed by atoms with Crippen LogP contribution >= 0.6 is 0 Å². The molecule has 0 N–H and O–H groups in total. The SMILES string of the molecule is N#Cc1cc(N2CCC3CCCCC3C2)ccc1[N+](=O)[O-]. The Kier molecular flexibility index (Phi) is 3.78. The van der Waals surface area contributed by atoms with E-state index in [4.69, 9.17) is 5.26 Å². The molecular formula is C16H19N3O2. The first kappa shape index (κ1) is 13.9. The van der Waals surface area contributed by atoms with Gasteiger partial charge in [0.1, 0.15) is 11.6 Å². The molecule has 3 rings (SSSR count). The summed E-state index contributed by atoms with van der Waals surface area (Å²) >= 11 is 0. The van der Waals surface area contributed by atoms with Gasteiger partial charge in [-0.3, -0.25) is 10.1 Å². The zero-order chi connectivity index (χ0) is 14.8. The van der Waals surface area contributed by atoms with Crippen LogP contribution in [0.1, 0.15) is 37.7 Å². The van der Waals surface area contributed by atoms with E-state index in [1.54, 1.807) is 12.1 Å². The molecule has 2 aliphatic rings. The summed E-state index contributed by atoms with van der Waals surface area (Å²) in [5.74, 6) is 1.59. The lowest BCUT2D eigenvalue weighted by molar-refractivity contribution is -0.385. The van der Waals surface area contributed by atoms with E-state index in [0.29, 0.717) is 0 Å². The predicted molar refractivity (Wildman–Crippen MR) is 80.1 cm³/mol. The van der Waals surface area contributed by atoms with Crippen molar-refractivity contribution in [3.63, 3.8) is 0 Å². The maximum atomic E-state index is 10.9. The number of hydrogen-bond donors (Lipinski definition) is 0. The van der Waals surface area contributed by atoms with Crippen LogP contribution in [-0.4, -0.2) is 18.0 Å². The highest BCUT2D eigenvalue weighted by molar-refractivity contribution is 5.60. The fourth-order valence-corrected chi connectivity index (χ4v) is 3.80. The van der Waals surface area contributed by atoms with Crippen molar-refractivity contribution in [1.29, 1.82) is 5.26 Å². The largest absolute Gasteiger partial charge is 0.371 e. The van der Waals surface area contributed by atoms with Crippen molar-refractivity contribution in [2.75, 3.05) is 18.0 Å². The number of nitrogens with zero attached hydrogens (tertiary/aromatic N) is 3. The van der Waals surface area contributed by atoms with Crippen LogP contribution in [0.25, 0.3) is 0 Å². The third-order valence-corrected chi connectivity index (χ3v) is 4.95. The van der Waals surface area contributed by atoms with Gasteiger partial charge in [-0.2, -0.15) is 5.26 Å². The van der Waals surface area contributed by atoms with E-state index in [1.807, 2.05) is 6.07 Å². The molecule has 1 aliphatic carbocycles. The molecule has 0 spiro atoms. The number of hydrogen-bond acceptors (Lipinski definition) is 4. The van der Waals surface area contributed by atoms with E-state index in [1.165, 1.54) is 38.2 Å². The van der Waals surface area contributed by atoms with Crippen LogP contribution < -0.4 is 4.90 Å². The van der Waals surface area contributed by atoms with Crippen molar-refractivity contribution < 1.29 is 4.92 Å². The van der Waals surface area contributed by atoms with Gasteiger partial charge >= 0.3 is 0 Å². The first-order valence-corrected chi connectivity index (χ1v) is 7.62. The summed E-state index contributed by atoms with van der Waals surface area (Å²) in [4.78, 5) is 12.7. The van der Waals surface area contributed by atoms with Crippen molar-refractivity contribution in [2.45, 2.75) is 32.1 Å². The van der Waals surface area contributed by atoms with Gasteiger partial charge < -0.3 is 4.90 Å². The van der Waals surface area contributed by atoms with E-state index in [-0.39, 0.29) is 11.3 Å². The molecule has 1 saturated heterocycles. The lowest BCUT2D eigenvalue weighted by Crippen LogP contribution is -2.41. The number of anilines is 1. The minimum atomic E-state index is -0.490. The molecule has 1 aliphatic heterocycles. The highest BCUT2D eigenvalue weighted by Crippen LogP contribution is 2.38. The van der Waals surface area contributed by atoms with Crippen LogP contribution in [0.5, 0.6) is 0 Å². The van der Waals surface area contributed by atoms with Gasteiger partial charge in [0.05, 0.1) is 4.92 Å². The van der Waals surface area contributed by atoms with Gasteiger partial charge in [0.25, 0.3) is 5.69 Å². The summed E-state index contributed by atoms with van der Waals surface area (Å²) in [7, 11) is 0. The molecule has 0 bridgehead atoms. The fourth-order valence-electron chi connectivity index (χ4n) is 3.80. The second kappa shape index (κ2) is 5.72. The number of nitriles is 1. The molecule has 0 amide bonds. The van der Waals surface area contributed by atoms with Gasteiger partial charge in [0.15, 0.2) is 0 Å². The average Bonchev–Trinajstić information content (AvgIpc) is 2.53. The van der Waals surface area contributed by atoms with E-state index in [9.17, 15) is 10.1 Å². The standard InChI is InChI=1S/C16H19N3O2/c17-10-14-9-15(5-6-16(14)19(20)21)18-8-7-12-3-1-2-4-13(12)11-18/h5-6,9,12-13H,1-4,7-8,11H2. The molecule has 1 saturated carbocycles. The molecule has 2 unspecified atom stereocenters. The lowest BCUT2D eigenvalue weighted by Gasteiger charge is -2.42. The Bertz CT molecular complexity index is 594. The molecule has 0 aromatic heterocycles. The molecule has 5 heteroatoms. The lowest BCUT2D eigenvalue weighted by atomic mass is 9.75. The Morgan fingerprint density at radius 3 is 2.71 bits per heavy atom. The Morgan fingerprint density at radius 1 is 1.24 bits per heavy atom. The number of piperidine rings is 1. The van der Waals surface area contributed by atoms with Crippen molar-refractivity contribution in [2.24, 2.45) is 11.8 Å². The Labute approximate surface area is 124 Å². The topological polar surface area (TPSA) is 70.2 Å². The summed E-state index contributed by atoms with van der Waals surface area (Å²) in [6, 6.07) is 6.85. The summed E-state index contributed by atoms with van der Waals surface area (Å²) in [5, 5.41) is 20.0. The zero-order valence-electron chi connectivity index (χ0n) is 12.0. The first-order chi connectivity index (χ1) is 10.2. The van der Waals surface area contributed by atoms with Gasteiger partial charge in [-0.15, -0.1) is 0 Å². The van der Waals surface area contributed by atoms with Crippen LogP contribution in [0.4, 0.5) is 11.4 Å². The first-order valence-electron chi connectivity index (χ1n) is 7.62. The van der Waals surface area contributed by atoms with Crippen LogP contribution in [0.15, 0.2) is 18.2 Å². The van der Waals surface area contributed by atoms with Crippen LogP contribution in [0.3, 0.4) is 0 Å². The quantitative estimate of drug-likeness (QED) is 0.616. The van der Waals surface area contributed by atoms with Gasteiger partial charge in [0.2, 0.25) is 0 Å². The van der Waals surface area contributed by atoms with E-state index in [0.717, 1.165) is 30.6 Å². The molecule has 2 atom stereocenters. The molecule has 21 heavy (non-hydrogen) atoms. The maximum absolute atomic E-state index is 10.9. The normalized spacial score (nSPS) is 25.0. The molecule has 110 valence electrons. The zero-order valence-corrected chi connectivity index (χ0v) is 12.0. The molecular weight excluding hydrogens is 266 g/mol. The summed E-state index contributed by atoms with van der Waals surface area (Å²) < 4.78 is 0. The summed E-state index contributed by atoms with van der Waals surface area (Å²) in [5.41, 5.74) is 0.998. The second-order valence-electron chi connectivity index (χ2n) is 6.11. The highest BCUT2D eigenvalue weighted by Gasteiger charge is 2.31. The van der Waals surface area contributed by atoms with Crippen LogP contribution in [-0.2, 0) is 0 Å². The average molecular weight is 285 g/mol. The number of fused-ring (bicyclic) bond motifs is 1. The van der Waals surface area contributed by atoms with E-state index < -0.39 is 4.92 Å². The minimum absolute atomic E-state index is 0.103. The Morgan fingerprint density at radius 2 is 2.00 bits per heavy atom. The van der Waals surface area contributed by atoms with Gasteiger partial charge in [0, 0.05) is 24.8 Å². The molecule has 2 fully saturated rings. The number of nitro benzene ring substituents is 1. The monoisotopic (exact) mass is 285 g/mol. The smallest absolute Gasteiger partial charge is 0.287 e. The highest BCUT2D eigenvalue weighted by atomic mass is 16.6. The molecule has 1 aromatic carbocycles. The van der Waals surface area contributed by atoms with Gasteiger partial charge in [-0.25, -0.2) is 0 Å². The van der Waals surface area contributed by atoms with Crippen molar-refractivity contribution in [3.8, 4) is 6.07 Å². The third kappa shape index (κ3) is 2.71. The predicted octanol–water partition coefficient (Wildman–Crippen LogP) is 3.48. The number of benzene rings is 1. The number of rotatable bonds is 2. The minimum Gasteiger partial charge on any atom is -0.371 e. The van der Waals surface area contributed by atoms with E-state index in [2.05, 4.69) is 4.90 Å². The number of nitro groups is 1. The summed E-state index contributed by atoms with van der Waals surface area (Å²) in [6.45, 7) is 2.01. The molecule has 1 aromatic rings. The van der Waals surface area contributed by atoms with Crippen molar-refractivity contribution >= 4 is 11.4 Å². The second-order valence-corrected chi connectivity index (χ2v) is 6.11.